The van der Waals surface area contributed by atoms with Gasteiger partial charge in [-0.2, -0.15) is 0 Å². The van der Waals surface area contributed by atoms with E-state index in [2.05, 4.69) is 15.9 Å². The van der Waals surface area contributed by atoms with Crippen molar-refractivity contribution < 1.29 is 23.5 Å². The molecule has 0 unspecified atom stereocenters. The lowest BCUT2D eigenvalue weighted by atomic mass is 10.1. The van der Waals surface area contributed by atoms with Gasteiger partial charge in [0.2, 0.25) is 5.78 Å². The van der Waals surface area contributed by atoms with E-state index in [1.807, 2.05) is 18.2 Å². The summed E-state index contributed by atoms with van der Waals surface area (Å²) in [5, 5.41) is 0.854. The first-order chi connectivity index (χ1) is 13.0. The third kappa shape index (κ3) is 4.52. The normalized spacial score (nSPS) is 10.7. The van der Waals surface area contributed by atoms with Crippen molar-refractivity contribution >= 4 is 44.4 Å². The standard InChI is InChI=1S/C21H17BrO5/c1-13-16-4-2-3-5-19(16)27-21(13)18(24)12-26-20(25)11-10-17(23)14-6-8-15(22)9-7-14/h2-9H,10-12H2,1H3. The van der Waals surface area contributed by atoms with E-state index in [-0.39, 0.29) is 24.4 Å². The number of halogens is 1. The zero-order valence-electron chi connectivity index (χ0n) is 14.7. The quantitative estimate of drug-likeness (QED) is 0.395. The Morgan fingerprint density at radius 1 is 0.963 bits per heavy atom. The number of carbonyl (C=O) groups excluding carboxylic acids is 3. The number of carbonyl (C=O) groups is 3. The molecule has 3 rings (SSSR count). The van der Waals surface area contributed by atoms with Gasteiger partial charge in [-0.3, -0.25) is 14.4 Å². The van der Waals surface area contributed by atoms with Crippen LogP contribution in [0.4, 0.5) is 0 Å². The van der Waals surface area contributed by atoms with Crippen LogP contribution in [0.5, 0.6) is 0 Å². The summed E-state index contributed by atoms with van der Waals surface area (Å²) in [6, 6.07) is 14.2. The molecule has 0 fully saturated rings. The second-order valence-electron chi connectivity index (χ2n) is 6.07. The molecule has 0 amide bonds. The Morgan fingerprint density at radius 3 is 2.37 bits per heavy atom. The molecule has 3 aromatic rings. The van der Waals surface area contributed by atoms with E-state index in [1.165, 1.54) is 0 Å². The number of hydrogen-bond donors (Lipinski definition) is 0. The molecule has 27 heavy (non-hydrogen) atoms. The van der Waals surface area contributed by atoms with E-state index in [9.17, 15) is 14.4 Å². The van der Waals surface area contributed by atoms with Crippen molar-refractivity contribution in [3.63, 3.8) is 0 Å². The number of esters is 1. The third-order valence-electron chi connectivity index (χ3n) is 4.18. The van der Waals surface area contributed by atoms with Gasteiger partial charge in [-0.15, -0.1) is 0 Å². The summed E-state index contributed by atoms with van der Waals surface area (Å²) in [4.78, 5) is 36.2. The van der Waals surface area contributed by atoms with E-state index in [1.54, 1.807) is 37.3 Å². The fourth-order valence-corrected chi connectivity index (χ4v) is 2.98. The zero-order chi connectivity index (χ0) is 19.4. The molecule has 0 saturated heterocycles. The molecule has 1 heterocycles. The second-order valence-corrected chi connectivity index (χ2v) is 6.98. The molecule has 0 aliphatic carbocycles. The molecular formula is C21H17BrO5. The number of furan rings is 1. The van der Waals surface area contributed by atoms with Crippen LogP contribution in [0.2, 0.25) is 0 Å². The Morgan fingerprint density at radius 2 is 1.67 bits per heavy atom. The number of benzene rings is 2. The molecule has 0 spiro atoms. The van der Waals surface area contributed by atoms with Gasteiger partial charge < -0.3 is 9.15 Å². The topological polar surface area (TPSA) is 73.6 Å². The van der Waals surface area contributed by atoms with Gasteiger partial charge in [0.05, 0.1) is 6.42 Å². The van der Waals surface area contributed by atoms with Crippen molar-refractivity contribution in [2.45, 2.75) is 19.8 Å². The maximum atomic E-state index is 12.3. The fourth-order valence-electron chi connectivity index (χ4n) is 2.72. The third-order valence-corrected chi connectivity index (χ3v) is 4.71. The molecule has 1 aromatic heterocycles. The summed E-state index contributed by atoms with van der Waals surface area (Å²) in [6.45, 7) is 1.38. The Kier molecular flexibility index (Phi) is 5.86. The number of para-hydroxylation sites is 1. The van der Waals surface area contributed by atoms with Gasteiger partial charge in [-0.05, 0) is 25.1 Å². The van der Waals surface area contributed by atoms with Gasteiger partial charge in [-0.25, -0.2) is 0 Å². The minimum Gasteiger partial charge on any atom is -0.457 e. The lowest BCUT2D eigenvalue weighted by Crippen LogP contribution is -2.15. The summed E-state index contributed by atoms with van der Waals surface area (Å²) >= 11 is 3.30. The summed E-state index contributed by atoms with van der Waals surface area (Å²) in [5.74, 6) is -0.965. The molecule has 138 valence electrons. The molecule has 0 radical (unpaired) electrons. The summed E-state index contributed by atoms with van der Waals surface area (Å²) < 4.78 is 11.4. The zero-order valence-corrected chi connectivity index (χ0v) is 16.2. The average Bonchev–Trinajstić information content (AvgIpc) is 3.02. The molecule has 0 saturated carbocycles. The van der Waals surface area contributed by atoms with Crippen LogP contribution in [0.25, 0.3) is 11.0 Å². The Labute approximate surface area is 164 Å². The Hall–Kier alpha value is -2.73. The number of ether oxygens (including phenoxy) is 1. The number of ketones is 2. The first-order valence-electron chi connectivity index (χ1n) is 8.41. The minimum atomic E-state index is -0.595. The monoisotopic (exact) mass is 428 g/mol. The molecule has 2 aromatic carbocycles. The van der Waals surface area contributed by atoms with Crippen molar-refractivity contribution in [2.24, 2.45) is 0 Å². The summed E-state index contributed by atoms with van der Waals surface area (Å²) in [7, 11) is 0. The molecule has 0 aliphatic heterocycles. The lowest BCUT2D eigenvalue weighted by molar-refractivity contribution is -0.142. The smallest absolute Gasteiger partial charge is 0.306 e. The average molecular weight is 429 g/mol. The van der Waals surface area contributed by atoms with Crippen LogP contribution in [0.3, 0.4) is 0 Å². The van der Waals surface area contributed by atoms with E-state index in [4.69, 9.17) is 9.15 Å². The van der Waals surface area contributed by atoms with Crippen molar-refractivity contribution in [3.05, 3.63) is 69.9 Å². The maximum Gasteiger partial charge on any atom is 0.306 e. The summed E-state index contributed by atoms with van der Waals surface area (Å²) in [6.07, 6.45) is -0.0559. The van der Waals surface area contributed by atoms with Crippen LogP contribution in [0.1, 0.15) is 39.3 Å². The highest BCUT2D eigenvalue weighted by Gasteiger charge is 2.19. The van der Waals surface area contributed by atoms with E-state index < -0.39 is 18.4 Å². The van der Waals surface area contributed by atoms with Crippen LogP contribution in [-0.4, -0.2) is 24.1 Å². The summed E-state index contributed by atoms with van der Waals surface area (Å²) in [5.41, 5.74) is 1.86. The highest BCUT2D eigenvalue weighted by molar-refractivity contribution is 9.10. The Bertz CT molecular complexity index is 1000. The number of aryl methyl sites for hydroxylation is 1. The van der Waals surface area contributed by atoms with Gasteiger partial charge in [0.15, 0.2) is 18.2 Å². The molecular weight excluding hydrogens is 412 g/mol. The van der Waals surface area contributed by atoms with Crippen LogP contribution >= 0.6 is 15.9 Å². The van der Waals surface area contributed by atoms with Crippen LogP contribution in [0, 0.1) is 6.92 Å². The second kappa shape index (κ2) is 8.31. The van der Waals surface area contributed by atoms with Gasteiger partial charge >= 0.3 is 5.97 Å². The number of hydrogen-bond acceptors (Lipinski definition) is 5. The highest BCUT2D eigenvalue weighted by atomic mass is 79.9. The first kappa shape index (κ1) is 19.0. The van der Waals surface area contributed by atoms with E-state index in [0.717, 1.165) is 15.4 Å². The van der Waals surface area contributed by atoms with Crippen LogP contribution in [-0.2, 0) is 9.53 Å². The minimum absolute atomic E-state index is 0.0261. The molecule has 0 atom stereocenters. The van der Waals surface area contributed by atoms with Crippen molar-refractivity contribution in [3.8, 4) is 0 Å². The van der Waals surface area contributed by atoms with Crippen molar-refractivity contribution in [2.75, 3.05) is 6.61 Å². The Balaban J connectivity index is 1.52. The SMILES string of the molecule is Cc1c(C(=O)COC(=O)CCC(=O)c2ccc(Br)cc2)oc2ccccc12. The largest absolute Gasteiger partial charge is 0.457 e. The maximum absolute atomic E-state index is 12.3. The van der Waals surface area contributed by atoms with Crippen LogP contribution in [0.15, 0.2) is 57.4 Å². The van der Waals surface area contributed by atoms with E-state index in [0.29, 0.717) is 11.1 Å². The highest BCUT2D eigenvalue weighted by Crippen LogP contribution is 2.25. The fraction of sp³-hybridized carbons (Fsp3) is 0.190. The van der Waals surface area contributed by atoms with Gasteiger partial charge in [-0.1, -0.05) is 46.3 Å². The predicted octanol–water partition coefficient (Wildman–Crippen LogP) is 4.89. The number of fused-ring (bicyclic) bond motifs is 1. The molecule has 0 aliphatic rings. The first-order valence-corrected chi connectivity index (χ1v) is 9.20. The van der Waals surface area contributed by atoms with Gasteiger partial charge in [0.1, 0.15) is 5.58 Å². The molecule has 6 heteroatoms. The lowest BCUT2D eigenvalue weighted by Gasteiger charge is -2.04. The van der Waals surface area contributed by atoms with E-state index >= 15 is 0 Å². The predicted molar refractivity (Wildman–Crippen MR) is 104 cm³/mol. The molecule has 0 N–H and O–H groups in total. The van der Waals surface area contributed by atoms with Gasteiger partial charge in [0, 0.05) is 27.4 Å². The molecule has 5 nitrogen and oxygen atoms in total. The van der Waals surface area contributed by atoms with Crippen molar-refractivity contribution in [1.29, 1.82) is 0 Å². The molecule has 0 bridgehead atoms. The number of Topliss-reactive ketones (excluding diaryl/α,β-unsaturated/α-hetero) is 2. The van der Waals surface area contributed by atoms with Crippen LogP contribution < -0.4 is 0 Å². The van der Waals surface area contributed by atoms with Crippen molar-refractivity contribution in [1.82, 2.24) is 0 Å². The number of rotatable bonds is 7. The van der Waals surface area contributed by atoms with Gasteiger partial charge in [0.25, 0.3) is 0 Å².